The van der Waals surface area contributed by atoms with Gasteiger partial charge in [0, 0.05) is 19.3 Å². The maximum atomic E-state index is 12.8. The molecular formula is C58H92O6. The largest absolute Gasteiger partial charge is 0.462 e. The Morgan fingerprint density at radius 3 is 1.05 bits per heavy atom. The third-order valence-corrected chi connectivity index (χ3v) is 10.2. The second-order valence-corrected chi connectivity index (χ2v) is 16.3. The van der Waals surface area contributed by atoms with E-state index in [1.54, 1.807) is 0 Å². The van der Waals surface area contributed by atoms with Crippen LogP contribution in [0.2, 0.25) is 0 Å². The first-order valence-electron chi connectivity index (χ1n) is 25.5. The Morgan fingerprint density at radius 2 is 0.641 bits per heavy atom. The molecule has 360 valence electrons. The molecule has 0 fully saturated rings. The van der Waals surface area contributed by atoms with E-state index in [0.29, 0.717) is 19.3 Å². The maximum Gasteiger partial charge on any atom is 0.306 e. The molecule has 0 radical (unpaired) electrons. The van der Waals surface area contributed by atoms with Crippen molar-refractivity contribution in [1.82, 2.24) is 0 Å². The molecule has 0 amide bonds. The van der Waals surface area contributed by atoms with Crippen LogP contribution in [0, 0.1) is 0 Å². The zero-order valence-electron chi connectivity index (χ0n) is 41.0. The lowest BCUT2D eigenvalue weighted by molar-refractivity contribution is -0.166. The molecule has 0 saturated carbocycles. The molecule has 0 aromatic rings. The van der Waals surface area contributed by atoms with Crippen molar-refractivity contribution in [2.45, 2.75) is 213 Å². The molecule has 0 aliphatic carbocycles. The van der Waals surface area contributed by atoms with E-state index in [0.717, 1.165) is 103 Å². The third-order valence-electron chi connectivity index (χ3n) is 10.2. The number of hydrogen-bond donors (Lipinski definition) is 0. The molecule has 0 N–H and O–H groups in total. The molecule has 0 aliphatic rings. The summed E-state index contributed by atoms with van der Waals surface area (Å²) in [6, 6.07) is 0. The smallest absolute Gasteiger partial charge is 0.306 e. The van der Waals surface area contributed by atoms with Crippen LogP contribution in [0.4, 0.5) is 0 Å². The van der Waals surface area contributed by atoms with Crippen LogP contribution >= 0.6 is 0 Å². The predicted octanol–water partition coefficient (Wildman–Crippen LogP) is 16.9. The van der Waals surface area contributed by atoms with E-state index in [-0.39, 0.29) is 44.0 Å². The zero-order chi connectivity index (χ0) is 46.5. The van der Waals surface area contributed by atoms with Crippen molar-refractivity contribution in [3.8, 4) is 0 Å². The minimum Gasteiger partial charge on any atom is -0.462 e. The lowest BCUT2D eigenvalue weighted by atomic mass is 10.1. The number of carbonyl (C=O) groups excluding carboxylic acids is 3. The lowest BCUT2D eigenvalue weighted by Crippen LogP contribution is -2.30. The summed E-state index contributed by atoms with van der Waals surface area (Å²) in [5.41, 5.74) is 0. The number of hydrogen-bond acceptors (Lipinski definition) is 6. The number of rotatable bonds is 44. The molecule has 0 heterocycles. The highest BCUT2D eigenvalue weighted by Crippen LogP contribution is 2.13. The van der Waals surface area contributed by atoms with Gasteiger partial charge in [0.15, 0.2) is 6.10 Å². The molecule has 1 atom stereocenters. The summed E-state index contributed by atoms with van der Waals surface area (Å²) in [7, 11) is 0. The highest BCUT2D eigenvalue weighted by Gasteiger charge is 2.19. The van der Waals surface area contributed by atoms with Crippen LogP contribution in [0.25, 0.3) is 0 Å². The summed E-state index contributed by atoms with van der Waals surface area (Å²) in [5.74, 6) is -1.04. The van der Waals surface area contributed by atoms with Crippen LogP contribution in [-0.2, 0) is 28.6 Å². The second kappa shape index (κ2) is 51.4. The van der Waals surface area contributed by atoms with Gasteiger partial charge in [-0.05, 0) is 96.3 Å². The van der Waals surface area contributed by atoms with Crippen LogP contribution in [0.5, 0.6) is 0 Å². The summed E-state index contributed by atoms with van der Waals surface area (Å²) >= 11 is 0. The minimum absolute atomic E-state index is 0.116. The normalized spacial score (nSPS) is 13.1. The third kappa shape index (κ3) is 48.8. The molecule has 0 saturated heterocycles. The van der Waals surface area contributed by atoms with Gasteiger partial charge in [-0.25, -0.2) is 0 Å². The van der Waals surface area contributed by atoms with Crippen molar-refractivity contribution in [2.75, 3.05) is 13.2 Å². The minimum atomic E-state index is -0.826. The van der Waals surface area contributed by atoms with E-state index >= 15 is 0 Å². The van der Waals surface area contributed by atoms with Gasteiger partial charge in [0.1, 0.15) is 13.2 Å². The van der Waals surface area contributed by atoms with Gasteiger partial charge in [0.2, 0.25) is 0 Å². The average Bonchev–Trinajstić information content (AvgIpc) is 3.29. The topological polar surface area (TPSA) is 78.9 Å². The first-order valence-corrected chi connectivity index (χ1v) is 25.5. The van der Waals surface area contributed by atoms with Gasteiger partial charge in [0.05, 0.1) is 0 Å². The Balaban J connectivity index is 4.56. The zero-order valence-corrected chi connectivity index (χ0v) is 41.0. The summed E-state index contributed by atoms with van der Waals surface area (Å²) < 4.78 is 16.7. The van der Waals surface area contributed by atoms with E-state index in [1.165, 1.54) is 51.4 Å². The first-order chi connectivity index (χ1) is 31.5. The molecule has 1 unspecified atom stereocenters. The molecule has 64 heavy (non-hydrogen) atoms. The van der Waals surface area contributed by atoms with Gasteiger partial charge in [-0.3, -0.25) is 14.4 Å². The quantitative estimate of drug-likeness (QED) is 0.0262. The number of allylic oxidation sites excluding steroid dienone is 20. The van der Waals surface area contributed by atoms with Crippen LogP contribution in [-0.4, -0.2) is 37.2 Å². The second-order valence-electron chi connectivity index (χ2n) is 16.3. The molecule has 0 rings (SSSR count). The molecule has 0 spiro atoms. The molecule has 6 heteroatoms. The number of ether oxygens (including phenoxy) is 3. The summed E-state index contributed by atoms with van der Waals surface area (Å²) in [6.45, 7) is 6.29. The van der Waals surface area contributed by atoms with Crippen molar-refractivity contribution in [2.24, 2.45) is 0 Å². The fourth-order valence-corrected chi connectivity index (χ4v) is 6.46. The molecule has 6 nitrogen and oxygen atoms in total. The van der Waals surface area contributed by atoms with E-state index in [2.05, 4.69) is 130 Å². The Morgan fingerprint density at radius 1 is 0.328 bits per heavy atom. The molecular weight excluding hydrogens is 793 g/mol. The van der Waals surface area contributed by atoms with Gasteiger partial charge < -0.3 is 14.2 Å². The average molecular weight is 885 g/mol. The van der Waals surface area contributed by atoms with E-state index < -0.39 is 6.10 Å². The van der Waals surface area contributed by atoms with Gasteiger partial charge in [-0.15, -0.1) is 0 Å². The van der Waals surface area contributed by atoms with E-state index in [9.17, 15) is 14.4 Å². The number of esters is 3. The maximum absolute atomic E-state index is 12.8. The van der Waals surface area contributed by atoms with Gasteiger partial charge in [-0.1, -0.05) is 213 Å². The Hall–Kier alpha value is -4.19. The van der Waals surface area contributed by atoms with Crippen molar-refractivity contribution in [1.29, 1.82) is 0 Å². The van der Waals surface area contributed by atoms with Crippen molar-refractivity contribution in [3.05, 3.63) is 122 Å². The van der Waals surface area contributed by atoms with Crippen LogP contribution in [0.1, 0.15) is 207 Å². The predicted molar refractivity (Wildman–Crippen MR) is 274 cm³/mol. The van der Waals surface area contributed by atoms with Gasteiger partial charge >= 0.3 is 17.9 Å². The first kappa shape index (κ1) is 59.8. The Bertz CT molecular complexity index is 1390. The molecule has 0 aliphatic heterocycles. The van der Waals surface area contributed by atoms with Gasteiger partial charge in [0.25, 0.3) is 0 Å². The highest BCUT2D eigenvalue weighted by atomic mass is 16.6. The summed E-state index contributed by atoms with van der Waals surface area (Å²) in [4.78, 5) is 37.9. The highest BCUT2D eigenvalue weighted by molar-refractivity contribution is 5.71. The van der Waals surface area contributed by atoms with Crippen LogP contribution < -0.4 is 0 Å². The molecule has 0 bridgehead atoms. The number of unbranched alkanes of at least 4 members (excludes halogenated alkanes) is 13. The fraction of sp³-hybridized carbons (Fsp3) is 0.603. The van der Waals surface area contributed by atoms with Crippen molar-refractivity contribution < 1.29 is 28.6 Å². The van der Waals surface area contributed by atoms with Crippen LogP contribution in [0.3, 0.4) is 0 Å². The molecule has 0 aromatic heterocycles. The summed E-state index contributed by atoms with van der Waals surface area (Å²) in [6.07, 6.45) is 70.5. The standard InChI is InChI=1S/C58H92O6/c1-4-7-10-13-16-19-22-24-26-28-29-30-32-33-36-39-42-45-48-51-57(60)63-54-55(53-62-56(59)50-47-44-41-38-35-21-18-15-12-9-6-3)64-58(61)52-49-46-43-40-37-34-31-27-25-23-20-17-14-11-8-5-2/h7-8,10-11,16-17,19-20,24-27,29-30,33-34,36-37,42,45,55H,4-6,9,12-15,18,21-23,28,31-32,35,38-41,43-44,46-54H2,1-3H3/b10-7-,11-8-,19-16-,20-17-,26-24-,27-25-,30-29-,36-33-,37-34-,45-42-. The van der Waals surface area contributed by atoms with Crippen molar-refractivity contribution >= 4 is 17.9 Å². The Kier molecular flexibility index (Phi) is 48.1. The van der Waals surface area contributed by atoms with Crippen LogP contribution in [0.15, 0.2) is 122 Å². The van der Waals surface area contributed by atoms with Crippen molar-refractivity contribution in [3.63, 3.8) is 0 Å². The Labute approximate surface area is 392 Å². The monoisotopic (exact) mass is 885 g/mol. The van der Waals surface area contributed by atoms with E-state index in [4.69, 9.17) is 14.2 Å². The summed E-state index contributed by atoms with van der Waals surface area (Å²) in [5, 5.41) is 0. The fourth-order valence-electron chi connectivity index (χ4n) is 6.46. The SMILES string of the molecule is CC/C=C\C/C=C\C/C=C\C/C=C\C/C=C\C/C=C\CCC(=O)OCC(COC(=O)CCCCCCCCCCCCC)OC(=O)CCCCC/C=C\C/C=C\C/C=C\C/C=C\CC. The lowest BCUT2D eigenvalue weighted by Gasteiger charge is -2.18. The number of carbonyl (C=O) groups is 3. The van der Waals surface area contributed by atoms with E-state index in [1.807, 2.05) is 12.2 Å². The molecule has 0 aromatic carbocycles. The van der Waals surface area contributed by atoms with Gasteiger partial charge in [-0.2, -0.15) is 0 Å².